The summed E-state index contributed by atoms with van der Waals surface area (Å²) in [6.07, 6.45) is 5.21. The molecule has 0 aliphatic carbocycles. The van der Waals surface area contributed by atoms with Crippen molar-refractivity contribution in [2.75, 3.05) is 26.2 Å². The number of rotatable bonds is 8. The molecule has 0 unspecified atom stereocenters. The number of carbonyl (C=O) groups excluding carboxylic acids is 1. The molecule has 0 aromatic rings. The number of nitrogens with one attached hydrogen (secondary N) is 1. The van der Waals surface area contributed by atoms with Crippen molar-refractivity contribution in [1.82, 2.24) is 10.2 Å². The van der Waals surface area contributed by atoms with Crippen LogP contribution in [0.15, 0.2) is 0 Å². The van der Waals surface area contributed by atoms with Gasteiger partial charge in [0.1, 0.15) is 0 Å². The molecule has 1 fully saturated rings. The Morgan fingerprint density at radius 1 is 1.05 bits per heavy atom. The van der Waals surface area contributed by atoms with E-state index in [1.54, 1.807) is 0 Å². The summed E-state index contributed by atoms with van der Waals surface area (Å²) in [5.74, 6) is 1.74. The van der Waals surface area contributed by atoms with Crippen LogP contribution in [0.2, 0.25) is 0 Å². The first-order valence-electron chi connectivity index (χ1n) is 8.91. The molecule has 0 atom stereocenters. The van der Waals surface area contributed by atoms with Gasteiger partial charge in [-0.15, -0.1) is 0 Å². The van der Waals surface area contributed by atoms with Gasteiger partial charge in [-0.2, -0.15) is 0 Å². The van der Waals surface area contributed by atoms with Crippen LogP contribution in [0.1, 0.15) is 66.7 Å². The predicted molar refractivity (Wildman–Crippen MR) is 90.3 cm³/mol. The molecule has 0 aromatic carbocycles. The van der Waals surface area contributed by atoms with E-state index in [1.165, 1.54) is 0 Å². The molecule has 1 aliphatic heterocycles. The van der Waals surface area contributed by atoms with Gasteiger partial charge in [-0.1, -0.05) is 34.6 Å². The summed E-state index contributed by atoms with van der Waals surface area (Å²) in [5.41, 5.74) is -0.0980. The maximum atomic E-state index is 13.2. The molecule has 1 saturated heterocycles. The average molecular weight is 296 g/mol. The average Bonchev–Trinajstić information content (AvgIpc) is 2.47. The lowest BCUT2D eigenvalue weighted by Gasteiger charge is -2.40. The third kappa shape index (κ3) is 5.61. The first-order valence-corrected chi connectivity index (χ1v) is 8.91. The molecule has 0 radical (unpaired) electrons. The third-order valence-electron chi connectivity index (χ3n) is 4.93. The van der Waals surface area contributed by atoms with Gasteiger partial charge in [-0.05, 0) is 57.0 Å². The second kappa shape index (κ2) is 8.77. The molecule has 1 amide bonds. The Bertz CT molecular complexity index is 294. The molecular formula is C18H36N2O. The van der Waals surface area contributed by atoms with Crippen molar-refractivity contribution in [1.29, 1.82) is 0 Å². The van der Waals surface area contributed by atoms with Crippen LogP contribution < -0.4 is 5.32 Å². The van der Waals surface area contributed by atoms with E-state index >= 15 is 0 Å². The second-order valence-electron chi connectivity index (χ2n) is 7.54. The van der Waals surface area contributed by atoms with Gasteiger partial charge in [0.05, 0.1) is 5.41 Å². The minimum Gasteiger partial charge on any atom is -0.342 e. The number of nitrogens with zero attached hydrogens (tertiary/aromatic N) is 1. The molecule has 3 nitrogen and oxygen atoms in total. The Kier molecular flexibility index (Phi) is 7.72. The molecule has 1 heterocycles. The van der Waals surface area contributed by atoms with Crippen molar-refractivity contribution in [3.63, 3.8) is 0 Å². The molecule has 0 bridgehead atoms. The first-order chi connectivity index (χ1) is 9.91. The highest BCUT2D eigenvalue weighted by atomic mass is 16.2. The molecule has 3 heteroatoms. The number of piperidine rings is 1. The fourth-order valence-electron chi connectivity index (χ4n) is 3.10. The molecule has 21 heavy (non-hydrogen) atoms. The van der Waals surface area contributed by atoms with Crippen LogP contribution in [0.3, 0.4) is 0 Å². The van der Waals surface area contributed by atoms with Gasteiger partial charge in [0.25, 0.3) is 0 Å². The topological polar surface area (TPSA) is 32.3 Å². The summed E-state index contributed by atoms with van der Waals surface area (Å²) in [6.45, 7) is 15.0. The lowest BCUT2D eigenvalue weighted by molar-refractivity contribution is -0.144. The van der Waals surface area contributed by atoms with Crippen molar-refractivity contribution in [2.45, 2.75) is 66.7 Å². The van der Waals surface area contributed by atoms with Crippen molar-refractivity contribution < 1.29 is 4.79 Å². The largest absolute Gasteiger partial charge is 0.342 e. The number of carbonyl (C=O) groups is 1. The monoisotopic (exact) mass is 296 g/mol. The molecule has 0 spiro atoms. The summed E-state index contributed by atoms with van der Waals surface area (Å²) in [7, 11) is 0. The molecule has 124 valence electrons. The second-order valence-corrected chi connectivity index (χ2v) is 7.54. The summed E-state index contributed by atoms with van der Waals surface area (Å²) >= 11 is 0. The van der Waals surface area contributed by atoms with E-state index in [9.17, 15) is 4.79 Å². The lowest BCUT2D eigenvalue weighted by Crippen LogP contribution is -2.49. The lowest BCUT2D eigenvalue weighted by atomic mass is 9.75. The predicted octanol–water partition coefficient (Wildman–Crippen LogP) is 3.69. The minimum atomic E-state index is -0.0980. The van der Waals surface area contributed by atoms with E-state index in [0.717, 1.165) is 58.3 Å². The third-order valence-corrected chi connectivity index (χ3v) is 4.93. The summed E-state index contributed by atoms with van der Waals surface area (Å²) < 4.78 is 0. The minimum absolute atomic E-state index is 0.0980. The highest BCUT2D eigenvalue weighted by Crippen LogP contribution is 2.35. The smallest absolute Gasteiger partial charge is 0.228 e. The standard InChI is InChI=1S/C18H36N2O/c1-6-18(9-11-19-12-10-18)17(21)20(13-7-15(2)3)14-8-16(4)5/h15-16,19H,6-14H2,1-5H3. The normalized spacial score (nSPS) is 18.2. The summed E-state index contributed by atoms with van der Waals surface area (Å²) in [6, 6.07) is 0. The number of hydrogen-bond donors (Lipinski definition) is 1. The van der Waals surface area contributed by atoms with E-state index < -0.39 is 0 Å². The maximum absolute atomic E-state index is 13.2. The van der Waals surface area contributed by atoms with Crippen molar-refractivity contribution in [3.8, 4) is 0 Å². The van der Waals surface area contributed by atoms with Crippen molar-refractivity contribution in [3.05, 3.63) is 0 Å². The van der Waals surface area contributed by atoms with Crippen LogP contribution in [0, 0.1) is 17.3 Å². The van der Waals surface area contributed by atoms with Crippen molar-refractivity contribution >= 4 is 5.91 Å². The molecule has 1 N–H and O–H groups in total. The Labute approximate surface area is 131 Å². The molecule has 1 rings (SSSR count). The van der Waals surface area contributed by atoms with Crippen LogP contribution in [0.25, 0.3) is 0 Å². The van der Waals surface area contributed by atoms with Gasteiger partial charge in [0.2, 0.25) is 5.91 Å². The maximum Gasteiger partial charge on any atom is 0.228 e. The van der Waals surface area contributed by atoms with E-state index in [0.29, 0.717) is 17.7 Å². The van der Waals surface area contributed by atoms with E-state index in [4.69, 9.17) is 0 Å². The Morgan fingerprint density at radius 3 is 1.90 bits per heavy atom. The molecule has 1 aliphatic rings. The van der Waals surface area contributed by atoms with Crippen LogP contribution >= 0.6 is 0 Å². The van der Waals surface area contributed by atoms with E-state index in [1.807, 2.05) is 0 Å². The quantitative estimate of drug-likeness (QED) is 0.741. The number of hydrogen-bond acceptors (Lipinski definition) is 2. The molecule has 0 saturated carbocycles. The van der Waals surface area contributed by atoms with Gasteiger partial charge in [-0.3, -0.25) is 4.79 Å². The van der Waals surface area contributed by atoms with E-state index in [-0.39, 0.29) is 5.41 Å². The van der Waals surface area contributed by atoms with Crippen LogP contribution in [0.5, 0.6) is 0 Å². The van der Waals surface area contributed by atoms with Crippen LogP contribution in [-0.2, 0) is 4.79 Å². The van der Waals surface area contributed by atoms with Crippen molar-refractivity contribution in [2.24, 2.45) is 17.3 Å². The SMILES string of the molecule is CCC1(C(=O)N(CCC(C)C)CCC(C)C)CCNCC1. The first kappa shape index (κ1) is 18.5. The van der Waals surface area contributed by atoms with Gasteiger partial charge in [-0.25, -0.2) is 0 Å². The van der Waals surface area contributed by atoms with Gasteiger partial charge < -0.3 is 10.2 Å². The van der Waals surface area contributed by atoms with E-state index in [2.05, 4.69) is 44.8 Å². The highest BCUT2D eigenvalue weighted by Gasteiger charge is 2.40. The highest BCUT2D eigenvalue weighted by molar-refractivity contribution is 5.83. The zero-order valence-electron chi connectivity index (χ0n) is 14.9. The van der Waals surface area contributed by atoms with Crippen LogP contribution in [-0.4, -0.2) is 37.0 Å². The zero-order chi connectivity index (χ0) is 15.9. The summed E-state index contributed by atoms with van der Waals surface area (Å²) in [4.78, 5) is 15.3. The number of amides is 1. The summed E-state index contributed by atoms with van der Waals surface area (Å²) in [5, 5.41) is 3.40. The Morgan fingerprint density at radius 2 is 1.52 bits per heavy atom. The fraction of sp³-hybridized carbons (Fsp3) is 0.944. The Balaban J connectivity index is 2.75. The molecular weight excluding hydrogens is 260 g/mol. The fourth-order valence-corrected chi connectivity index (χ4v) is 3.10. The Hall–Kier alpha value is -0.570. The van der Waals surface area contributed by atoms with Gasteiger partial charge in [0, 0.05) is 13.1 Å². The molecule has 0 aromatic heterocycles. The van der Waals surface area contributed by atoms with Crippen LogP contribution in [0.4, 0.5) is 0 Å². The van der Waals surface area contributed by atoms with Gasteiger partial charge in [0.15, 0.2) is 0 Å². The zero-order valence-corrected chi connectivity index (χ0v) is 14.9. The van der Waals surface area contributed by atoms with Gasteiger partial charge >= 0.3 is 0 Å².